The molecule has 0 atom stereocenters. The van der Waals surface area contributed by atoms with Crippen LogP contribution in [0.1, 0.15) is 70.7 Å². The van der Waals surface area contributed by atoms with Crippen LogP contribution >= 0.6 is 0 Å². The molecule has 0 spiro atoms. The van der Waals surface area contributed by atoms with Gasteiger partial charge in [-0.05, 0) is 61.4 Å². The molecule has 0 aliphatic heterocycles. The molecule has 0 radical (unpaired) electrons. The average Bonchev–Trinajstić information content (AvgIpc) is 2.69. The van der Waals surface area contributed by atoms with E-state index in [1.807, 2.05) is 6.92 Å². The van der Waals surface area contributed by atoms with E-state index in [0.717, 1.165) is 11.1 Å². The molecule has 172 valence electrons. The van der Waals surface area contributed by atoms with Crippen LogP contribution < -0.4 is 0 Å². The van der Waals surface area contributed by atoms with Crippen molar-refractivity contribution in [1.82, 2.24) is 0 Å². The summed E-state index contributed by atoms with van der Waals surface area (Å²) in [4.78, 5) is 3.95. The van der Waals surface area contributed by atoms with E-state index in [2.05, 4.69) is 123 Å². The summed E-state index contributed by atoms with van der Waals surface area (Å²) in [6, 6.07) is 21.4. The molecule has 0 aromatic heterocycles. The normalized spacial score (nSPS) is 11.8. The van der Waals surface area contributed by atoms with Gasteiger partial charge in [0.25, 0.3) is 0 Å². The van der Waals surface area contributed by atoms with Gasteiger partial charge in [-0.25, -0.2) is 0 Å². The molecular formula is C30H41OS+. The van der Waals surface area contributed by atoms with E-state index < -0.39 is 0 Å². The fourth-order valence-electron chi connectivity index (χ4n) is 3.82. The van der Waals surface area contributed by atoms with Gasteiger partial charge >= 0.3 is 0 Å². The van der Waals surface area contributed by atoms with Crippen LogP contribution in [0.4, 0.5) is 0 Å². The summed E-state index contributed by atoms with van der Waals surface area (Å²) >= 11 is 0. The molecule has 0 saturated heterocycles. The fraction of sp³-hybridized carbons (Fsp3) is 0.400. The topological polar surface area (TPSA) is 20.2 Å². The predicted octanol–water partition coefficient (Wildman–Crippen LogP) is 8.76. The molecule has 0 bridgehead atoms. The summed E-state index contributed by atoms with van der Waals surface area (Å²) < 4.78 is 0. The van der Waals surface area contributed by atoms with Gasteiger partial charge in [0.05, 0.1) is 10.9 Å². The molecule has 0 aliphatic rings. The zero-order valence-corrected chi connectivity index (χ0v) is 22.4. The van der Waals surface area contributed by atoms with Crippen molar-refractivity contribution >= 4 is 10.9 Å². The van der Waals surface area contributed by atoms with E-state index in [0.29, 0.717) is 11.2 Å². The van der Waals surface area contributed by atoms with Crippen LogP contribution in [0.3, 0.4) is 0 Å². The van der Waals surface area contributed by atoms with E-state index in [1.165, 1.54) is 25.8 Å². The van der Waals surface area contributed by atoms with Gasteiger partial charge in [0.1, 0.15) is 5.75 Å². The number of aromatic hydroxyl groups is 1. The maximum absolute atomic E-state index is 10.9. The number of benzene rings is 3. The molecule has 0 unspecified atom stereocenters. The highest BCUT2D eigenvalue weighted by Crippen LogP contribution is 2.44. The van der Waals surface area contributed by atoms with Crippen molar-refractivity contribution in [3.05, 3.63) is 82.9 Å². The summed E-state index contributed by atoms with van der Waals surface area (Å²) in [5.41, 5.74) is 4.83. The molecule has 2 heteroatoms. The Morgan fingerprint density at radius 3 is 1.31 bits per heavy atom. The minimum absolute atomic E-state index is 0.121. The van der Waals surface area contributed by atoms with E-state index in [4.69, 9.17) is 0 Å². The molecular weight excluding hydrogens is 408 g/mol. The maximum Gasteiger partial charge on any atom is 0.173 e. The first kappa shape index (κ1) is 26.1. The van der Waals surface area contributed by atoms with Crippen molar-refractivity contribution in [2.45, 2.75) is 89.3 Å². The Labute approximate surface area is 199 Å². The Hall–Kier alpha value is -2.19. The molecule has 0 amide bonds. The second-order valence-electron chi connectivity index (χ2n) is 11.1. The van der Waals surface area contributed by atoms with Gasteiger partial charge in [-0.15, -0.1) is 0 Å². The first-order chi connectivity index (χ1) is 14.7. The standard InChI is InChI=1S/C25H28OS.C5H12/c1-17-18(2)24(19(3)22(23(17)26)25(4,5)6)27(20-13-9-7-10-14-20)21-15-11-8-12-16-21;1-5(2,3)4/h7-16H,1-6H3;1-4H3/p+1. The molecule has 0 aliphatic carbocycles. The maximum atomic E-state index is 10.9. The molecule has 3 aromatic carbocycles. The third kappa shape index (κ3) is 6.42. The highest BCUT2D eigenvalue weighted by molar-refractivity contribution is 7.97. The lowest BCUT2D eigenvalue weighted by molar-refractivity contribution is 0.439. The van der Waals surface area contributed by atoms with Crippen LogP contribution in [-0.2, 0) is 16.3 Å². The van der Waals surface area contributed by atoms with Crippen LogP contribution in [0.2, 0.25) is 0 Å². The number of phenolic OH excluding ortho intramolecular Hbond substituents is 1. The van der Waals surface area contributed by atoms with Crippen LogP contribution in [-0.4, -0.2) is 5.11 Å². The Balaban J connectivity index is 0.000000654. The zero-order valence-electron chi connectivity index (χ0n) is 21.6. The lowest BCUT2D eigenvalue weighted by Crippen LogP contribution is -2.18. The average molecular weight is 450 g/mol. The molecule has 1 nitrogen and oxygen atoms in total. The third-order valence-electron chi connectivity index (χ3n) is 5.12. The lowest BCUT2D eigenvalue weighted by atomic mass is 9.81. The second kappa shape index (κ2) is 10.2. The number of hydrogen-bond acceptors (Lipinski definition) is 1. The van der Waals surface area contributed by atoms with Gasteiger partial charge in [0.2, 0.25) is 0 Å². The summed E-state index contributed by atoms with van der Waals surface area (Å²) in [5.74, 6) is 0.450. The summed E-state index contributed by atoms with van der Waals surface area (Å²) in [6.07, 6.45) is 0. The zero-order chi connectivity index (χ0) is 24.3. The molecule has 0 saturated carbocycles. The third-order valence-corrected chi connectivity index (χ3v) is 7.63. The van der Waals surface area contributed by atoms with Crippen molar-refractivity contribution in [1.29, 1.82) is 0 Å². The predicted molar refractivity (Wildman–Crippen MR) is 141 cm³/mol. The van der Waals surface area contributed by atoms with Gasteiger partial charge in [-0.2, -0.15) is 0 Å². The molecule has 0 heterocycles. The fourth-order valence-corrected chi connectivity index (χ4v) is 6.29. The molecule has 3 aromatic rings. The molecule has 0 fully saturated rings. The van der Waals surface area contributed by atoms with Crippen molar-refractivity contribution in [2.24, 2.45) is 5.41 Å². The SMILES string of the molecule is CC(C)(C)C.Cc1c(C)c([S+](c2ccccc2)c2ccccc2)c(C)c(C(C)(C)C)c1O. The van der Waals surface area contributed by atoms with Crippen molar-refractivity contribution < 1.29 is 5.11 Å². The van der Waals surface area contributed by atoms with Crippen LogP contribution in [0.25, 0.3) is 0 Å². The smallest absolute Gasteiger partial charge is 0.173 e. The van der Waals surface area contributed by atoms with Crippen LogP contribution in [0.15, 0.2) is 75.4 Å². The largest absolute Gasteiger partial charge is 0.507 e. The Morgan fingerprint density at radius 1 is 0.594 bits per heavy atom. The van der Waals surface area contributed by atoms with Crippen molar-refractivity contribution in [3.8, 4) is 5.75 Å². The lowest BCUT2D eigenvalue weighted by Gasteiger charge is -2.27. The first-order valence-electron chi connectivity index (χ1n) is 11.4. The Kier molecular flexibility index (Phi) is 8.28. The first-order valence-corrected chi connectivity index (χ1v) is 12.6. The van der Waals surface area contributed by atoms with Crippen molar-refractivity contribution in [2.75, 3.05) is 0 Å². The highest BCUT2D eigenvalue weighted by atomic mass is 32.2. The van der Waals surface area contributed by atoms with Gasteiger partial charge < -0.3 is 5.11 Å². The van der Waals surface area contributed by atoms with E-state index in [1.54, 1.807) is 0 Å². The minimum atomic E-state index is -0.213. The molecule has 3 rings (SSSR count). The quantitative estimate of drug-likeness (QED) is 0.396. The monoisotopic (exact) mass is 449 g/mol. The van der Waals surface area contributed by atoms with Gasteiger partial charge in [-0.3, -0.25) is 0 Å². The number of phenols is 1. The highest BCUT2D eigenvalue weighted by Gasteiger charge is 2.37. The summed E-state index contributed by atoms with van der Waals surface area (Å²) in [7, 11) is -0.213. The number of rotatable bonds is 3. The van der Waals surface area contributed by atoms with Crippen LogP contribution in [0, 0.1) is 26.2 Å². The van der Waals surface area contributed by atoms with Crippen molar-refractivity contribution in [3.63, 3.8) is 0 Å². The van der Waals surface area contributed by atoms with Gasteiger partial charge in [-0.1, -0.05) is 84.9 Å². The van der Waals surface area contributed by atoms with E-state index in [-0.39, 0.29) is 16.3 Å². The molecule has 32 heavy (non-hydrogen) atoms. The Morgan fingerprint density at radius 2 is 0.969 bits per heavy atom. The Bertz CT molecular complexity index is 977. The molecule has 1 N–H and O–H groups in total. The number of hydrogen-bond donors (Lipinski definition) is 1. The summed E-state index contributed by atoms with van der Waals surface area (Å²) in [5, 5.41) is 10.9. The van der Waals surface area contributed by atoms with E-state index in [9.17, 15) is 5.11 Å². The van der Waals surface area contributed by atoms with Crippen LogP contribution in [0.5, 0.6) is 5.75 Å². The minimum Gasteiger partial charge on any atom is -0.507 e. The van der Waals surface area contributed by atoms with E-state index >= 15 is 0 Å². The van der Waals surface area contributed by atoms with Gasteiger partial charge in [0, 0.05) is 16.7 Å². The summed E-state index contributed by atoms with van der Waals surface area (Å²) in [6.45, 7) is 21.6. The van der Waals surface area contributed by atoms with Gasteiger partial charge in [0.15, 0.2) is 14.7 Å². The second-order valence-corrected chi connectivity index (χ2v) is 13.1.